The van der Waals surface area contributed by atoms with Crippen LogP contribution in [0.5, 0.6) is 5.75 Å². The minimum atomic E-state index is -0.469. The highest BCUT2D eigenvalue weighted by Gasteiger charge is 2.60. The second-order valence-electron chi connectivity index (χ2n) is 9.28. The van der Waals surface area contributed by atoms with E-state index < -0.39 is 5.60 Å². The van der Waals surface area contributed by atoms with Gasteiger partial charge in [0.25, 0.3) is 0 Å². The summed E-state index contributed by atoms with van der Waals surface area (Å²) < 4.78 is 22.5. The zero-order valence-electron chi connectivity index (χ0n) is 17.8. The maximum absolute atomic E-state index is 12.7. The van der Waals surface area contributed by atoms with Crippen LogP contribution in [0.1, 0.15) is 55.8 Å². The van der Waals surface area contributed by atoms with E-state index >= 15 is 0 Å². The van der Waals surface area contributed by atoms with Gasteiger partial charge in [0.15, 0.2) is 12.6 Å². The van der Waals surface area contributed by atoms with Crippen LogP contribution in [0.4, 0.5) is 0 Å². The van der Waals surface area contributed by atoms with Gasteiger partial charge in [0.1, 0.15) is 18.0 Å². The predicted octanol–water partition coefficient (Wildman–Crippen LogP) is 4.08. The molecule has 2 unspecified atom stereocenters. The summed E-state index contributed by atoms with van der Waals surface area (Å²) in [6.07, 6.45) is 5.49. The molecule has 1 aromatic rings. The topological polar surface area (TPSA) is 71.1 Å². The first-order valence-corrected chi connectivity index (χ1v) is 10.6. The Bertz CT molecular complexity index is 813. The molecule has 4 saturated carbocycles. The Morgan fingerprint density at radius 1 is 1.07 bits per heavy atom. The smallest absolute Gasteiger partial charge is 0.333 e. The van der Waals surface area contributed by atoms with Crippen LogP contribution in [0.15, 0.2) is 36.4 Å². The molecule has 0 heterocycles. The molecular formula is C24H30O6. The first kappa shape index (κ1) is 21.1. The van der Waals surface area contributed by atoms with Crippen LogP contribution in [-0.4, -0.2) is 43.5 Å². The second kappa shape index (κ2) is 8.16. The van der Waals surface area contributed by atoms with E-state index in [1.807, 2.05) is 0 Å². The molecule has 2 atom stereocenters. The highest BCUT2D eigenvalue weighted by Crippen LogP contribution is 2.60. The highest BCUT2D eigenvalue weighted by molar-refractivity contribution is 5.97. The fourth-order valence-corrected chi connectivity index (χ4v) is 5.83. The van der Waals surface area contributed by atoms with Crippen molar-refractivity contribution in [3.63, 3.8) is 0 Å². The molecule has 6 heteroatoms. The van der Waals surface area contributed by atoms with Crippen molar-refractivity contribution in [2.75, 3.05) is 20.5 Å². The largest absolute Gasteiger partial charge is 0.468 e. The molecule has 4 bridgehead atoms. The highest BCUT2D eigenvalue weighted by atomic mass is 16.7. The van der Waals surface area contributed by atoms with Gasteiger partial charge in [0.2, 0.25) is 0 Å². The van der Waals surface area contributed by atoms with Gasteiger partial charge in [-0.3, -0.25) is 4.79 Å². The summed E-state index contributed by atoms with van der Waals surface area (Å²) in [5, 5.41) is 0. The third-order valence-corrected chi connectivity index (χ3v) is 6.64. The van der Waals surface area contributed by atoms with Crippen molar-refractivity contribution in [1.82, 2.24) is 0 Å². The Balaban J connectivity index is 1.41. The molecule has 1 aromatic carbocycles. The minimum absolute atomic E-state index is 0.0300. The van der Waals surface area contributed by atoms with Crippen LogP contribution in [0, 0.1) is 11.8 Å². The van der Waals surface area contributed by atoms with Crippen molar-refractivity contribution in [2.24, 2.45) is 11.8 Å². The van der Waals surface area contributed by atoms with Gasteiger partial charge in [0.05, 0.1) is 5.60 Å². The van der Waals surface area contributed by atoms with Crippen molar-refractivity contribution in [3.05, 3.63) is 42.0 Å². The Kier molecular flexibility index (Phi) is 5.73. The molecule has 0 aliphatic heterocycles. The van der Waals surface area contributed by atoms with Crippen LogP contribution in [0.2, 0.25) is 0 Å². The molecule has 30 heavy (non-hydrogen) atoms. The average molecular weight is 414 g/mol. The molecule has 0 spiro atoms. The van der Waals surface area contributed by atoms with Crippen molar-refractivity contribution in [2.45, 2.75) is 56.7 Å². The third kappa shape index (κ3) is 4.30. The van der Waals surface area contributed by atoms with E-state index in [4.69, 9.17) is 18.9 Å². The van der Waals surface area contributed by atoms with Gasteiger partial charge in [-0.2, -0.15) is 0 Å². The van der Waals surface area contributed by atoms with Crippen LogP contribution in [0.3, 0.4) is 0 Å². The van der Waals surface area contributed by atoms with Gasteiger partial charge < -0.3 is 18.9 Å². The number of rotatable bonds is 9. The van der Waals surface area contributed by atoms with E-state index in [2.05, 4.69) is 6.58 Å². The second-order valence-corrected chi connectivity index (χ2v) is 9.28. The van der Waals surface area contributed by atoms with E-state index in [-0.39, 0.29) is 30.8 Å². The number of carbonyl (C=O) groups is 2. The molecule has 6 nitrogen and oxygen atoms in total. The zero-order valence-corrected chi connectivity index (χ0v) is 17.8. The molecule has 0 radical (unpaired) electrons. The van der Waals surface area contributed by atoms with E-state index in [1.54, 1.807) is 38.3 Å². The third-order valence-electron chi connectivity index (χ3n) is 6.64. The lowest BCUT2D eigenvalue weighted by Gasteiger charge is -2.60. The van der Waals surface area contributed by atoms with Gasteiger partial charge in [0, 0.05) is 24.7 Å². The predicted molar refractivity (Wildman–Crippen MR) is 110 cm³/mol. The van der Waals surface area contributed by atoms with Gasteiger partial charge in [-0.25, -0.2) is 4.79 Å². The van der Waals surface area contributed by atoms with Gasteiger partial charge in [-0.15, -0.1) is 0 Å². The maximum atomic E-state index is 12.7. The summed E-state index contributed by atoms with van der Waals surface area (Å²) in [7, 11) is 1.56. The van der Waals surface area contributed by atoms with Crippen molar-refractivity contribution >= 4 is 11.8 Å². The summed E-state index contributed by atoms with van der Waals surface area (Å²) in [6.45, 7) is 5.60. The summed E-state index contributed by atoms with van der Waals surface area (Å²) in [6, 6.07) is 6.99. The standard InChI is InChI=1S/C24H30O6/c1-16(2)22(26)30-24-11-17-8-18(12-24)10-23(9-17,14-24)29-13-21(25)19-4-6-20(7-5-19)28-15-27-3/h4-7,17-18H,1,8-15H2,2-3H3. The Morgan fingerprint density at radius 2 is 1.70 bits per heavy atom. The van der Waals surface area contributed by atoms with Gasteiger partial charge in [-0.1, -0.05) is 6.58 Å². The van der Waals surface area contributed by atoms with Crippen molar-refractivity contribution < 1.29 is 28.5 Å². The number of carbonyl (C=O) groups excluding carboxylic acids is 2. The molecule has 4 fully saturated rings. The molecule has 0 saturated heterocycles. The summed E-state index contributed by atoms with van der Waals surface area (Å²) >= 11 is 0. The number of Topliss-reactive ketones (excluding diaryl/α,β-unsaturated/α-hetero) is 1. The molecule has 5 rings (SSSR count). The monoisotopic (exact) mass is 414 g/mol. The Labute approximate surface area is 177 Å². The fourth-order valence-electron chi connectivity index (χ4n) is 5.83. The molecule has 4 aliphatic rings. The van der Waals surface area contributed by atoms with E-state index in [1.165, 1.54) is 0 Å². The number of benzene rings is 1. The number of hydrogen-bond acceptors (Lipinski definition) is 6. The zero-order chi connectivity index (χ0) is 21.4. The normalized spacial score (nSPS) is 31.4. The Hall–Kier alpha value is -2.18. The van der Waals surface area contributed by atoms with E-state index in [9.17, 15) is 9.59 Å². The molecule has 0 N–H and O–H groups in total. The lowest BCUT2D eigenvalue weighted by molar-refractivity contribution is -0.228. The maximum Gasteiger partial charge on any atom is 0.333 e. The number of ketones is 1. The molecule has 0 aromatic heterocycles. The van der Waals surface area contributed by atoms with Crippen LogP contribution >= 0.6 is 0 Å². The van der Waals surface area contributed by atoms with E-state index in [0.717, 1.165) is 32.1 Å². The molecular weight excluding hydrogens is 384 g/mol. The summed E-state index contributed by atoms with van der Waals surface area (Å²) in [5.74, 6) is 1.24. The number of ether oxygens (including phenoxy) is 4. The average Bonchev–Trinajstić information content (AvgIpc) is 2.69. The first-order chi connectivity index (χ1) is 14.3. The molecule has 4 aliphatic carbocycles. The van der Waals surface area contributed by atoms with Gasteiger partial charge in [-0.05, 0) is 75.1 Å². The minimum Gasteiger partial charge on any atom is -0.468 e. The quantitative estimate of drug-likeness (QED) is 0.262. The van der Waals surface area contributed by atoms with Crippen LogP contribution in [-0.2, 0) is 19.0 Å². The summed E-state index contributed by atoms with van der Waals surface area (Å²) in [5.41, 5.74) is 0.168. The SMILES string of the molecule is C=C(C)C(=O)OC12CC3CC(CC(OCC(=O)c4ccc(OCOC)cc4)(C3)C1)C2. The van der Waals surface area contributed by atoms with Crippen molar-refractivity contribution in [3.8, 4) is 5.75 Å². The lowest BCUT2D eigenvalue weighted by Crippen LogP contribution is -2.61. The fraction of sp³-hybridized carbons (Fsp3) is 0.583. The first-order valence-electron chi connectivity index (χ1n) is 10.6. The number of methoxy groups -OCH3 is 1. The lowest BCUT2D eigenvalue weighted by atomic mass is 9.52. The summed E-state index contributed by atoms with van der Waals surface area (Å²) in [4.78, 5) is 25.0. The Morgan fingerprint density at radius 3 is 2.30 bits per heavy atom. The number of hydrogen-bond donors (Lipinski definition) is 0. The molecule has 0 amide bonds. The van der Waals surface area contributed by atoms with Crippen molar-refractivity contribution in [1.29, 1.82) is 0 Å². The van der Waals surface area contributed by atoms with Crippen LogP contribution in [0.25, 0.3) is 0 Å². The van der Waals surface area contributed by atoms with Crippen LogP contribution < -0.4 is 4.74 Å². The van der Waals surface area contributed by atoms with Gasteiger partial charge >= 0.3 is 5.97 Å². The number of esters is 1. The van der Waals surface area contributed by atoms with E-state index in [0.29, 0.717) is 35.1 Å². The molecule has 162 valence electrons.